The molecule has 0 saturated heterocycles. The smallest absolute Gasteiger partial charge is 0.274 e. The fraction of sp³-hybridized carbons (Fsp3) is 0.571. The molecule has 1 aromatic rings. The van der Waals surface area contributed by atoms with Crippen molar-refractivity contribution in [2.45, 2.75) is 46.1 Å². The minimum atomic E-state index is -0.139. The lowest BCUT2D eigenvalue weighted by molar-refractivity contribution is 0.0679. The Kier molecular flexibility index (Phi) is 6.09. The van der Waals surface area contributed by atoms with E-state index in [1.807, 2.05) is 11.8 Å². The molecule has 0 aliphatic heterocycles. The minimum Gasteiger partial charge on any atom is -0.384 e. The molecule has 1 rings (SSSR count). The average Bonchev–Trinajstić information content (AvgIpc) is 2.41. The maximum Gasteiger partial charge on any atom is 0.274 e. The molecule has 1 heterocycles. The van der Waals surface area contributed by atoms with Crippen molar-refractivity contribution in [2.24, 2.45) is 0 Å². The Morgan fingerprint density at radius 2 is 2.16 bits per heavy atom. The van der Waals surface area contributed by atoms with E-state index in [0.29, 0.717) is 10.8 Å². The molecule has 4 nitrogen and oxygen atoms in total. The Morgan fingerprint density at radius 1 is 1.47 bits per heavy atom. The van der Waals surface area contributed by atoms with Gasteiger partial charge in [-0.1, -0.05) is 31.9 Å². The Balaban J connectivity index is 3.00. The number of carbonyl (C=O) groups is 1. The van der Waals surface area contributed by atoms with E-state index < -0.39 is 0 Å². The van der Waals surface area contributed by atoms with Gasteiger partial charge in [0.05, 0.1) is 5.02 Å². The zero-order valence-electron chi connectivity index (χ0n) is 11.8. The zero-order valence-corrected chi connectivity index (χ0v) is 12.6. The van der Waals surface area contributed by atoms with Gasteiger partial charge in [0.15, 0.2) is 0 Å². The van der Waals surface area contributed by atoms with Crippen LogP contribution in [0.1, 0.15) is 50.5 Å². The Hall–Kier alpha value is -1.29. The van der Waals surface area contributed by atoms with Crippen LogP contribution in [-0.2, 0) is 0 Å². The van der Waals surface area contributed by atoms with Gasteiger partial charge < -0.3 is 10.6 Å². The maximum absolute atomic E-state index is 12.5. The number of nitrogens with zero attached hydrogens (tertiary/aromatic N) is 2. The quantitative estimate of drug-likeness (QED) is 0.871. The lowest BCUT2D eigenvalue weighted by atomic mass is 10.1. The van der Waals surface area contributed by atoms with Gasteiger partial charge >= 0.3 is 0 Å². The molecule has 1 atom stereocenters. The molecule has 1 unspecified atom stereocenters. The van der Waals surface area contributed by atoms with Gasteiger partial charge in [-0.25, -0.2) is 4.98 Å². The average molecular weight is 284 g/mol. The number of rotatable bonds is 6. The van der Waals surface area contributed by atoms with E-state index in [1.54, 1.807) is 12.1 Å². The van der Waals surface area contributed by atoms with Crippen molar-refractivity contribution in [3.8, 4) is 0 Å². The first-order chi connectivity index (χ1) is 9.01. The summed E-state index contributed by atoms with van der Waals surface area (Å²) in [6.45, 7) is 6.92. The van der Waals surface area contributed by atoms with Gasteiger partial charge in [-0.3, -0.25) is 4.79 Å². The first kappa shape index (κ1) is 15.8. The van der Waals surface area contributed by atoms with Crippen LogP contribution < -0.4 is 5.73 Å². The highest BCUT2D eigenvalue weighted by atomic mass is 35.5. The van der Waals surface area contributed by atoms with Gasteiger partial charge in [0, 0.05) is 12.6 Å². The van der Waals surface area contributed by atoms with Crippen molar-refractivity contribution in [1.29, 1.82) is 0 Å². The van der Waals surface area contributed by atoms with Crippen molar-refractivity contribution in [1.82, 2.24) is 9.88 Å². The summed E-state index contributed by atoms with van der Waals surface area (Å²) >= 11 is 6.05. The van der Waals surface area contributed by atoms with Crippen LogP contribution >= 0.6 is 11.6 Å². The number of aromatic nitrogens is 1. The molecule has 1 aromatic heterocycles. The highest BCUT2D eigenvalue weighted by molar-refractivity contribution is 6.33. The Bertz CT molecular complexity index is 437. The largest absolute Gasteiger partial charge is 0.384 e. The van der Waals surface area contributed by atoms with E-state index in [2.05, 4.69) is 18.8 Å². The highest BCUT2D eigenvalue weighted by Crippen LogP contribution is 2.19. The predicted molar refractivity (Wildman–Crippen MR) is 79.4 cm³/mol. The SMILES string of the molecule is CCCCN(C(=O)c1nc(N)ccc1Cl)C(C)CC. The summed E-state index contributed by atoms with van der Waals surface area (Å²) in [6.07, 6.45) is 2.91. The van der Waals surface area contributed by atoms with Gasteiger partial charge in [0.2, 0.25) is 0 Å². The number of halogens is 1. The van der Waals surface area contributed by atoms with E-state index in [0.717, 1.165) is 25.8 Å². The van der Waals surface area contributed by atoms with Crippen molar-refractivity contribution in [3.63, 3.8) is 0 Å². The molecule has 0 bridgehead atoms. The number of hydrogen-bond acceptors (Lipinski definition) is 3. The second-order valence-electron chi connectivity index (χ2n) is 4.68. The molecule has 106 valence electrons. The van der Waals surface area contributed by atoms with Crippen molar-refractivity contribution in [3.05, 3.63) is 22.8 Å². The van der Waals surface area contributed by atoms with Gasteiger partial charge in [0.25, 0.3) is 5.91 Å². The fourth-order valence-corrected chi connectivity index (χ4v) is 2.00. The molecule has 0 aliphatic rings. The van der Waals surface area contributed by atoms with E-state index in [9.17, 15) is 4.79 Å². The number of unbranched alkanes of at least 4 members (excludes halogenated alkanes) is 1. The molecule has 5 heteroatoms. The molecule has 0 fully saturated rings. The Labute approximate surface area is 120 Å². The molecule has 19 heavy (non-hydrogen) atoms. The van der Waals surface area contributed by atoms with Crippen LogP contribution in [0.5, 0.6) is 0 Å². The third kappa shape index (κ3) is 4.10. The number of amides is 1. The Morgan fingerprint density at radius 3 is 2.74 bits per heavy atom. The van der Waals surface area contributed by atoms with E-state index >= 15 is 0 Å². The molecule has 0 spiro atoms. The third-order valence-corrected chi connectivity index (χ3v) is 3.51. The molecule has 0 radical (unpaired) electrons. The number of pyridine rings is 1. The molecule has 0 saturated carbocycles. The van der Waals surface area contributed by atoms with Crippen molar-refractivity contribution >= 4 is 23.3 Å². The van der Waals surface area contributed by atoms with Crippen LogP contribution in [0.15, 0.2) is 12.1 Å². The van der Waals surface area contributed by atoms with Crippen LogP contribution in [0.3, 0.4) is 0 Å². The normalized spacial score (nSPS) is 12.2. The maximum atomic E-state index is 12.5. The number of hydrogen-bond donors (Lipinski definition) is 1. The molecule has 1 amide bonds. The fourth-order valence-electron chi connectivity index (χ4n) is 1.81. The number of anilines is 1. The van der Waals surface area contributed by atoms with Crippen molar-refractivity contribution < 1.29 is 4.79 Å². The summed E-state index contributed by atoms with van der Waals surface area (Å²) in [5.41, 5.74) is 5.88. The lowest BCUT2D eigenvalue weighted by Gasteiger charge is -2.28. The lowest BCUT2D eigenvalue weighted by Crippen LogP contribution is -2.39. The van der Waals surface area contributed by atoms with Gasteiger partial charge in [-0.05, 0) is 31.9 Å². The molecule has 0 aromatic carbocycles. The van der Waals surface area contributed by atoms with Crippen LogP contribution in [0.25, 0.3) is 0 Å². The molecule has 0 aliphatic carbocycles. The van der Waals surface area contributed by atoms with Crippen LogP contribution in [-0.4, -0.2) is 28.4 Å². The van der Waals surface area contributed by atoms with Gasteiger partial charge in [-0.15, -0.1) is 0 Å². The molecule has 2 N–H and O–H groups in total. The summed E-state index contributed by atoms with van der Waals surface area (Å²) in [5.74, 6) is 0.174. The van der Waals surface area contributed by atoms with Crippen LogP contribution in [0, 0.1) is 0 Å². The highest BCUT2D eigenvalue weighted by Gasteiger charge is 2.23. The molecular formula is C14H22ClN3O. The number of nitrogen functional groups attached to an aromatic ring is 1. The number of carbonyl (C=O) groups excluding carboxylic acids is 1. The zero-order chi connectivity index (χ0) is 14.4. The summed E-state index contributed by atoms with van der Waals surface area (Å²) in [4.78, 5) is 18.5. The second-order valence-corrected chi connectivity index (χ2v) is 5.08. The third-order valence-electron chi connectivity index (χ3n) is 3.21. The summed E-state index contributed by atoms with van der Waals surface area (Å²) in [6, 6.07) is 3.38. The summed E-state index contributed by atoms with van der Waals surface area (Å²) < 4.78 is 0. The monoisotopic (exact) mass is 283 g/mol. The summed E-state index contributed by atoms with van der Waals surface area (Å²) in [7, 11) is 0. The minimum absolute atomic E-state index is 0.139. The van der Waals surface area contributed by atoms with Crippen LogP contribution in [0.2, 0.25) is 5.02 Å². The second kappa shape index (κ2) is 7.34. The molecular weight excluding hydrogens is 262 g/mol. The topological polar surface area (TPSA) is 59.2 Å². The summed E-state index contributed by atoms with van der Waals surface area (Å²) in [5, 5.41) is 0.351. The standard InChI is InChI=1S/C14H22ClN3O/c1-4-6-9-18(10(3)5-2)14(19)13-11(15)7-8-12(16)17-13/h7-8,10H,4-6,9H2,1-3H3,(H2,16,17). The number of nitrogens with two attached hydrogens (primary N) is 1. The van der Waals surface area contributed by atoms with E-state index in [1.165, 1.54) is 0 Å². The van der Waals surface area contributed by atoms with Crippen LogP contribution in [0.4, 0.5) is 5.82 Å². The predicted octanol–water partition coefficient (Wildman–Crippen LogP) is 3.36. The van der Waals surface area contributed by atoms with Crippen molar-refractivity contribution in [2.75, 3.05) is 12.3 Å². The van der Waals surface area contributed by atoms with Gasteiger partial charge in [0.1, 0.15) is 11.5 Å². The first-order valence-corrected chi connectivity index (χ1v) is 7.12. The van der Waals surface area contributed by atoms with Gasteiger partial charge in [-0.2, -0.15) is 0 Å². The van der Waals surface area contributed by atoms with E-state index in [-0.39, 0.29) is 17.6 Å². The first-order valence-electron chi connectivity index (χ1n) is 6.74. The van der Waals surface area contributed by atoms with E-state index in [4.69, 9.17) is 17.3 Å².